The van der Waals surface area contributed by atoms with Crippen LogP contribution in [0.4, 0.5) is 0 Å². The molecule has 0 radical (unpaired) electrons. The van der Waals surface area contributed by atoms with E-state index in [4.69, 9.17) is 24.9 Å². The summed E-state index contributed by atoms with van der Waals surface area (Å²) in [5, 5.41) is 0. The summed E-state index contributed by atoms with van der Waals surface area (Å²) in [4.78, 5) is 26.5. The minimum absolute atomic E-state index is 0.245. The van der Waals surface area contributed by atoms with Crippen LogP contribution in [0, 0.1) is 0 Å². The highest BCUT2D eigenvalue weighted by atomic mass is 15.0. The average Bonchev–Trinajstić information content (AvgIpc) is 3.74. The maximum Gasteiger partial charge on any atom is 0.164 e. The van der Waals surface area contributed by atoms with Crippen molar-refractivity contribution < 1.29 is 0 Å². The van der Waals surface area contributed by atoms with Crippen molar-refractivity contribution in [3.05, 3.63) is 270 Å². The fraction of sp³-hybridized carbons (Fsp3) is 0.0615. The van der Waals surface area contributed by atoms with E-state index in [0.717, 1.165) is 67.0 Å². The molecule has 2 aromatic heterocycles. The maximum atomic E-state index is 5.43. The summed E-state index contributed by atoms with van der Waals surface area (Å²) < 4.78 is 0. The summed E-state index contributed by atoms with van der Waals surface area (Å²) >= 11 is 0. The summed E-state index contributed by atoms with van der Waals surface area (Å²) in [5.74, 6) is 2.51. The SMILES string of the molecule is CC1(C)c2ccccc2C2(c3ccc(-c4cc(-c5ccccc5)nc(-c5ccccc5)n4)cc3-c3c(-c4nc(-c5ccccc5)nc(-c5ccc(-c6ccccc6)cc5)n4)cccc32)c2ccccc21. The first kappa shape index (κ1) is 41.3. The van der Waals surface area contributed by atoms with Gasteiger partial charge in [0.05, 0.1) is 16.8 Å². The molecule has 0 saturated heterocycles. The first-order valence-corrected chi connectivity index (χ1v) is 23.9. The molecule has 0 amide bonds. The third kappa shape index (κ3) is 6.57. The molecule has 0 aliphatic heterocycles. The van der Waals surface area contributed by atoms with Crippen molar-refractivity contribution in [1.82, 2.24) is 24.9 Å². The maximum absolute atomic E-state index is 5.43. The van der Waals surface area contributed by atoms with Crippen LogP contribution < -0.4 is 0 Å². The Balaban J connectivity index is 1.09. The summed E-state index contributed by atoms with van der Waals surface area (Å²) in [6, 6.07) is 83.8. The van der Waals surface area contributed by atoms with E-state index < -0.39 is 5.41 Å². The van der Waals surface area contributed by atoms with E-state index in [1.807, 2.05) is 48.5 Å². The largest absolute Gasteiger partial charge is 0.228 e. The first-order valence-electron chi connectivity index (χ1n) is 23.9. The smallest absolute Gasteiger partial charge is 0.164 e. The van der Waals surface area contributed by atoms with Crippen LogP contribution >= 0.6 is 0 Å². The van der Waals surface area contributed by atoms with Crippen LogP contribution in [0.3, 0.4) is 0 Å². The fourth-order valence-corrected chi connectivity index (χ4v) is 11.2. The number of benzene rings is 9. The molecule has 0 saturated carbocycles. The fourth-order valence-electron chi connectivity index (χ4n) is 11.2. The van der Waals surface area contributed by atoms with E-state index >= 15 is 0 Å². The van der Waals surface area contributed by atoms with Gasteiger partial charge in [-0.2, -0.15) is 0 Å². The lowest BCUT2D eigenvalue weighted by atomic mass is 9.55. The predicted molar refractivity (Wildman–Crippen MR) is 283 cm³/mol. The highest BCUT2D eigenvalue weighted by Gasteiger charge is 2.54. The molecule has 5 nitrogen and oxygen atoms in total. The van der Waals surface area contributed by atoms with Gasteiger partial charge in [-0.3, -0.25) is 0 Å². The summed E-state index contributed by atoms with van der Waals surface area (Å²) in [6.07, 6.45) is 0. The molecule has 13 rings (SSSR count). The zero-order chi connectivity index (χ0) is 46.8. The lowest BCUT2D eigenvalue weighted by Crippen LogP contribution is -2.40. The van der Waals surface area contributed by atoms with Crippen molar-refractivity contribution in [3.63, 3.8) is 0 Å². The molecule has 11 aromatic rings. The normalized spacial score (nSPS) is 13.5. The summed E-state index contributed by atoms with van der Waals surface area (Å²) in [6.45, 7) is 4.73. The zero-order valence-electron chi connectivity index (χ0n) is 38.8. The van der Waals surface area contributed by atoms with Crippen molar-refractivity contribution in [3.8, 4) is 90.3 Å². The van der Waals surface area contributed by atoms with Crippen LogP contribution in [0.25, 0.3) is 90.3 Å². The molecule has 330 valence electrons. The topological polar surface area (TPSA) is 64.5 Å². The molecular weight excluding hydrogens is 851 g/mol. The highest BCUT2D eigenvalue weighted by molar-refractivity contribution is 5.97. The third-order valence-electron chi connectivity index (χ3n) is 14.5. The van der Waals surface area contributed by atoms with E-state index in [0.29, 0.717) is 23.3 Å². The van der Waals surface area contributed by atoms with Gasteiger partial charge in [0.2, 0.25) is 0 Å². The van der Waals surface area contributed by atoms with Crippen molar-refractivity contribution in [2.45, 2.75) is 24.7 Å². The highest BCUT2D eigenvalue weighted by Crippen LogP contribution is 2.63. The van der Waals surface area contributed by atoms with Gasteiger partial charge in [0.25, 0.3) is 0 Å². The standard InChI is InChI=1S/C65H45N5/c1-64(2)52-29-15-17-31-54(52)65(55-32-18-16-30-53(55)64)51-39-38-48(58-41-57(44-22-9-4-10-23-44)66-60(67-58)45-24-11-5-12-25-45)40-50(51)59-49(28-19-33-56(59)65)63-69-61(46-26-13-6-14-27-46)68-62(70-63)47-36-34-43(35-37-47)42-20-7-3-8-21-42/h3-41H,1-2H3. The second kappa shape index (κ2) is 16.4. The minimum atomic E-state index is -0.649. The number of rotatable bonds is 7. The van der Waals surface area contributed by atoms with E-state index in [1.165, 1.54) is 33.4 Å². The van der Waals surface area contributed by atoms with Gasteiger partial charge in [-0.05, 0) is 67.8 Å². The van der Waals surface area contributed by atoms with Crippen LogP contribution in [0.15, 0.2) is 237 Å². The van der Waals surface area contributed by atoms with Crippen LogP contribution in [0.2, 0.25) is 0 Å². The second-order valence-corrected chi connectivity index (χ2v) is 18.8. The Morgan fingerprint density at radius 2 is 0.657 bits per heavy atom. The molecule has 0 N–H and O–H groups in total. The van der Waals surface area contributed by atoms with E-state index in [1.54, 1.807) is 0 Å². The predicted octanol–water partition coefficient (Wildman–Crippen LogP) is 15.3. The van der Waals surface area contributed by atoms with Gasteiger partial charge in [0.15, 0.2) is 23.3 Å². The minimum Gasteiger partial charge on any atom is -0.228 e. The lowest BCUT2D eigenvalue weighted by Gasteiger charge is -2.46. The molecule has 2 heterocycles. The lowest BCUT2D eigenvalue weighted by molar-refractivity contribution is 0.563. The molecule has 2 aliphatic carbocycles. The quantitative estimate of drug-likeness (QED) is 0.159. The van der Waals surface area contributed by atoms with E-state index in [9.17, 15) is 0 Å². The molecule has 70 heavy (non-hydrogen) atoms. The van der Waals surface area contributed by atoms with Crippen molar-refractivity contribution in [2.75, 3.05) is 0 Å². The number of nitrogens with zero attached hydrogens (tertiary/aromatic N) is 5. The Morgan fingerprint density at radius 3 is 1.23 bits per heavy atom. The Morgan fingerprint density at radius 1 is 0.257 bits per heavy atom. The van der Waals surface area contributed by atoms with Crippen LogP contribution in [-0.2, 0) is 10.8 Å². The molecule has 0 atom stereocenters. The molecule has 0 fully saturated rings. The number of hydrogen-bond acceptors (Lipinski definition) is 5. The number of fused-ring (bicyclic) bond motifs is 9. The van der Waals surface area contributed by atoms with Gasteiger partial charge in [0.1, 0.15) is 0 Å². The molecule has 5 heteroatoms. The van der Waals surface area contributed by atoms with Crippen molar-refractivity contribution in [1.29, 1.82) is 0 Å². The Bertz CT molecular complexity index is 3670. The van der Waals surface area contributed by atoms with E-state index in [2.05, 4.69) is 202 Å². The monoisotopic (exact) mass is 895 g/mol. The summed E-state index contributed by atoms with van der Waals surface area (Å²) in [7, 11) is 0. The summed E-state index contributed by atoms with van der Waals surface area (Å²) in [5.41, 5.74) is 18.7. The molecule has 2 aliphatic rings. The number of aromatic nitrogens is 5. The third-order valence-corrected chi connectivity index (χ3v) is 14.5. The Labute approximate surface area is 408 Å². The average molecular weight is 896 g/mol. The Kier molecular flexibility index (Phi) is 9.67. The molecule has 1 spiro atoms. The molecule has 9 aromatic carbocycles. The van der Waals surface area contributed by atoms with Gasteiger partial charge in [-0.15, -0.1) is 0 Å². The molecule has 0 unspecified atom stereocenters. The Hall–Kier alpha value is -8.93. The van der Waals surface area contributed by atoms with Gasteiger partial charge >= 0.3 is 0 Å². The van der Waals surface area contributed by atoms with Gasteiger partial charge in [-0.25, -0.2) is 24.9 Å². The number of hydrogen-bond donors (Lipinski definition) is 0. The van der Waals surface area contributed by atoms with Crippen LogP contribution in [0.1, 0.15) is 47.2 Å². The van der Waals surface area contributed by atoms with E-state index in [-0.39, 0.29) is 5.41 Å². The van der Waals surface area contributed by atoms with Crippen LogP contribution in [-0.4, -0.2) is 24.9 Å². The van der Waals surface area contributed by atoms with Crippen molar-refractivity contribution in [2.24, 2.45) is 0 Å². The van der Waals surface area contributed by atoms with Gasteiger partial charge < -0.3 is 0 Å². The van der Waals surface area contributed by atoms with Crippen molar-refractivity contribution >= 4 is 0 Å². The van der Waals surface area contributed by atoms with Crippen LogP contribution in [0.5, 0.6) is 0 Å². The zero-order valence-corrected chi connectivity index (χ0v) is 38.8. The van der Waals surface area contributed by atoms with Gasteiger partial charge in [-0.1, -0.05) is 238 Å². The van der Waals surface area contributed by atoms with Gasteiger partial charge in [0, 0.05) is 38.8 Å². The molecule has 0 bridgehead atoms. The first-order chi connectivity index (χ1) is 34.4. The second-order valence-electron chi connectivity index (χ2n) is 18.8. The molecular formula is C65H45N5.